The van der Waals surface area contributed by atoms with Crippen LogP contribution in [-0.4, -0.2) is 31.3 Å². The summed E-state index contributed by atoms with van der Waals surface area (Å²) < 4.78 is 5.23. The van der Waals surface area contributed by atoms with E-state index in [0.717, 1.165) is 0 Å². The van der Waals surface area contributed by atoms with Crippen molar-refractivity contribution in [1.82, 2.24) is 4.98 Å². The van der Waals surface area contributed by atoms with Gasteiger partial charge >= 0.3 is 0 Å². The third-order valence-electron chi connectivity index (χ3n) is 2.51. The van der Waals surface area contributed by atoms with Crippen LogP contribution >= 0.6 is 11.6 Å². The van der Waals surface area contributed by atoms with Gasteiger partial charge in [0, 0.05) is 13.1 Å². The van der Waals surface area contributed by atoms with Gasteiger partial charge in [-0.3, -0.25) is 0 Å². The fourth-order valence-corrected chi connectivity index (χ4v) is 1.84. The summed E-state index contributed by atoms with van der Waals surface area (Å²) in [6, 6.07) is 5.42. The summed E-state index contributed by atoms with van der Waals surface area (Å²) in [4.78, 5) is 6.07. The van der Waals surface area contributed by atoms with E-state index in [4.69, 9.17) is 26.9 Å². The molecule has 1 aromatic heterocycles. The van der Waals surface area contributed by atoms with Crippen LogP contribution in [0.25, 0.3) is 0 Å². The Labute approximate surface area is 104 Å². The molecule has 0 unspecified atom stereocenters. The maximum absolute atomic E-state index is 9.06. The number of nitrogens with zero attached hydrogens (tertiary/aromatic N) is 4. The first kappa shape index (κ1) is 11.7. The summed E-state index contributed by atoms with van der Waals surface area (Å²) >= 11 is 5.88. The van der Waals surface area contributed by atoms with Gasteiger partial charge in [0.25, 0.3) is 0 Å². The number of nitriles is 2. The predicted octanol–water partition coefficient (Wildman–Crippen LogP) is 1.31. The van der Waals surface area contributed by atoms with E-state index in [2.05, 4.69) is 4.98 Å². The van der Waals surface area contributed by atoms with Crippen LogP contribution in [0.15, 0.2) is 6.07 Å². The Morgan fingerprint density at radius 2 is 1.88 bits per heavy atom. The largest absolute Gasteiger partial charge is 0.378 e. The molecule has 0 bridgehead atoms. The minimum absolute atomic E-state index is 0.132. The minimum atomic E-state index is 0.132. The van der Waals surface area contributed by atoms with Crippen LogP contribution in [0.1, 0.15) is 11.1 Å². The quantitative estimate of drug-likeness (QED) is 0.701. The van der Waals surface area contributed by atoms with Gasteiger partial charge in [-0.2, -0.15) is 10.5 Å². The zero-order valence-corrected chi connectivity index (χ0v) is 9.74. The van der Waals surface area contributed by atoms with Crippen molar-refractivity contribution in [1.29, 1.82) is 10.5 Å². The van der Waals surface area contributed by atoms with Gasteiger partial charge in [0.1, 0.15) is 23.1 Å². The molecule has 17 heavy (non-hydrogen) atoms. The third kappa shape index (κ3) is 2.31. The Kier molecular flexibility index (Phi) is 3.43. The monoisotopic (exact) mass is 248 g/mol. The first-order valence-corrected chi connectivity index (χ1v) is 5.47. The van der Waals surface area contributed by atoms with Gasteiger partial charge in [-0.15, -0.1) is 0 Å². The molecule has 0 atom stereocenters. The van der Waals surface area contributed by atoms with Crippen LogP contribution in [0.4, 0.5) is 5.82 Å². The highest BCUT2D eigenvalue weighted by Gasteiger charge is 2.18. The predicted molar refractivity (Wildman–Crippen MR) is 61.7 cm³/mol. The summed E-state index contributed by atoms with van der Waals surface area (Å²) in [6.07, 6.45) is 0. The fraction of sp³-hybridized carbons (Fsp3) is 0.364. The molecule has 0 radical (unpaired) electrons. The van der Waals surface area contributed by atoms with E-state index < -0.39 is 0 Å². The maximum Gasteiger partial charge on any atom is 0.149 e. The molecular weight excluding hydrogens is 240 g/mol. The highest BCUT2D eigenvalue weighted by Crippen LogP contribution is 2.24. The molecule has 0 aliphatic carbocycles. The van der Waals surface area contributed by atoms with E-state index in [1.54, 1.807) is 0 Å². The lowest BCUT2D eigenvalue weighted by molar-refractivity contribution is 0.122. The van der Waals surface area contributed by atoms with Gasteiger partial charge < -0.3 is 9.64 Å². The number of ether oxygens (including phenoxy) is 1. The Morgan fingerprint density at radius 3 is 2.47 bits per heavy atom. The third-order valence-corrected chi connectivity index (χ3v) is 2.80. The second-order valence-electron chi connectivity index (χ2n) is 3.52. The van der Waals surface area contributed by atoms with Gasteiger partial charge in [-0.05, 0) is 6.07 Å². The maximum atomic E-state index is 9.06. The summed E-state index contributed by atoms with van der Waals surface area (Å²) in [5.41, 5.74) is 0.591. The van der Waals surface area contributed by atoms with E-state index in [9.17, 15) is 0 Å². The Hall–Kier alpha value is -1.82. The zero-order valence-electron chi connectivity index (χ0n) is 8.98. The molecule has 0 saturated carbocycles. The molecule has 0 N–H and O–H groups in total. The molecule has 5 nitrogen and oxygen atoms in total. The normalized spacial score (nSPS) is 15.1. The summed E-state index contributed by atoms with van der Waals surface area (Å²) in [6.45, 7) is 2.54. The molecule has 2 heterocycles. The zero-order chi connectivity index (χ0) is 12.3. The lowest BCUT2D eigenvalue weighted by atomic mass is 10.2. The smallest absolute Gasteiger partial charge is 0.149 e. The molecule has 2 rings (SSSR count). The number of anilines is 1. The average Bonchev–Trinajstić information content (AvgIpc) is 2.39. The average molecular weight is 249 g/mol. The highest BCUT2D eigenvalue weighted by molar-refractivity contribution is 6.30. The molecule has 0 aromatic carbocycles. The topological polar surface area (TPSA) is 72.9 Å². The minimum Gasteiger partial charge on any atom is -0.378 e. The van der Waals surface area contributed by atoms with E-state index >= 15 is 0 Å². The lowest BCUT2D eigenvalue weighted by Crippen LogP contribution is -2.37. The standard InChI is InChI=1S/C11H9ClN4O/c12-10-8(6-13)5-9(7-14)11(15-10)16-1-3-17-4-2-16/h5H,1-4H2. The summed E-state index contributed by atoms with van der Waals surface area (Å²) in [5.74, 6) is 0.528. The highest BCUT2D eigenvalue weighted by atomic mass is 35.5. The first-order chi connectivity index (χ1) is 8.26. The Bertz CT molecular complexity index is 511. The van der Waals surface area contributed by atoms with Gasteiger partial charge in [0.2, 0.25) is 0 Å². The van der Waals surface area contributed by atoms with E-state index in [1.807, 2.05) is 17.0 Å². The van der Waals surface area contributed by atoms with E-state index in [-0.39, 0.29) is 10.7 Å². The van der Waals surface area contributed by atoms with Crippen molar-refractivity contribution in [3.8, 4) is 12.1 Å². The molecule has 1 saturated heterocycles. The second kappa shape index (κ2) is 5.01. The fourth-order valence-electron chi connectivity index (χ4n) is 1.66. The molecule has 1 aromatic rings. The number of hydrogen-bond donors (Lipinski definition) is 0. The molecule has 0 spiro atoms. The molecular formula is C11H9ClN4O. The van der Waals surface area contributed by atoms with Crippen LogP contribution < -0.4 is 4.90 Å². The SMILES string of the molecule is N#Cc1cc(C#N)c(N2CCOCC2)nc1Cl. The summed E-state index contributed by atoms with van der Waals surface area (Å²) in [7, 11) is 0. The van der Waals surface area contributed by atoms with Crippen LogP contribution in [0.2, 0.25) is 5.15 Å². The van der Waals surface area contributed by atoms with Crippen molar-refractivity contribution in [2.45, 2.75) is 0 Å². The number of hydrogen-bond acceptors (Lipinski definition) is 5. The van der Waals surface area contributed by atoms with Crippen molar-refractivity contribution >= 4 is 17.4 Å². The number of morpholine rings is 1. The number of aromatic nitrogens is 1. The first-order valence-electron chi connectivity index (χ1n) is 5.09. The molecule has 6 heteroatoms. The Balaban J connectivity index is 2.43. The number of halogens is 1. The van der Waals surface area contributed by atoms with Crippen LogP contribution in [-0.2, 0) is 4.74 Å². The van der Waals surface area contributed by atoms with Crippen LogP contribution in [0.5, 0.6) is 0 Å². The van der Waals surface area contributed by atoms with Crippen molar-refractivity contribution in [2.24, 2.45) is 0 Å². The Morgan fingerprint density at radius 1 is 1.24 bits per heavy atom. The van der Waals surface area contributed by atoms with E-state index in [0.29, 0.717) is 37.7 Å². The van der Waals surface area contributed by atoms with Gasteiger partial charge in [-0.25, -0.2) is 4.98 Å². The van der Waals surface area contributed by atoms with Crippen molar-refractivity contribution in [2.75, 3.05) is 31.2 Å². The van der Waals surface area contributed by atoms with Crippen molar-refractivity contribution < 1.29 is 4.74 Å². The molecule has 1 fully saturated rings. The van der Waals surface area contributed by atoms with Gasteiger partial charge in [0.15, 0.2) is 0 Å². The molecule has 0 amide bonds. The number of rotatable bonds is 1. The van der Waals surface area contributed by atoms with Crippen molar-refractivity contribution in [3.05, 3.63) is 22.3 Å². The van der Waals surface area contributed by atoms with Gasteiger partial charge in [-0.1, -0.05) is 11.6 Å². The molecule has 86 valence electrons. The van der Waals surface area contributed by atoms with Crippen LogP contribution in [0, 0.1) is 22.7 Å². The van der Waals surface area contributed by atoms with Crippen LogP contribution in [0.3, 0.4) is 0 Å². The van der Waals surface area contributed by atoms with Gasteiger partial charge in [0.05, 0.1) is 24.3 Å². The summed E-state index contributed by atoms with van der Waals surface area (Å²) in [5, 5.41) is 18.0. The molecule has 1 aliphatic rings. The number of pyridine rings is 1. The molecule has 1 aliphatic heterocycles. The second-order valence-corrected chi connectivity index (χ2v) is 3.88. The van der Waals surface area contributed by atoms with E-state index in [1.165, 1.54) is 6.07 Å². The van der Waals surface area contributed by atoms with Crippen molar-refractivity contribution in [3.63, 3.8) is 0 Å². The lowest BCUT2D eigenvalue weighted by Gasteiger charge is -2.28.